The van der Waals surface area contributed by atoms with Gasteiger partial charge in [-0.15, -0.1) is 0 Å². The smallest absolute Gasteiger partial charge is 0.412 e. The summed E-state index contributed by atoms with van der Waals surface area (Å²) in [6, 6.07) is 12.1. The molecule has 0 saturated heterocycles. The van der Waals surface area contributed by atoms with Gasteiger partial charge >= 0.3 is 6.09 Å². The molecule has 0 spiro atoms. The summed E-state index contributed by atoms with van der Waals surface area (Å²) in [5.74, 6) is -0.515. The Morgan fingerprint density at radius 2 is 2.00 bits per heavy atom. The maximum Gasteiger partial charge on any atom is 0.412 e. The molecular weight excluding hydrogens is 325 g/mol. The normalized spacial score (nSPS) is 10.2. The van der Waals surface area contributed by atoms with E-state index in [2.05, 4.69) is 21.2 Å². The van der Waals surface area contributed by atoms with Crippen LogP contribution in [0, 0.1) is 12.7 Å². The molecule has 1 amide bonds. The summed E-state index contributed by atoms with van der Waals surface area (Å²) in [6.07, 6.45) is -0.686. The number of nitrogens with one attached hydrogen (secondary N) is 1. The van der Waals surface area contributed by atoms with E-state index in [1.165, 1.54) is 6.07 Å². The van der Waals surface area contributed by atoms with Crippen LogP contribution in [0.3, 0.4) is 0 Å². The van der Waals surface area contributed by atoms with Gasteiger partial charge in [0.2, 0.25) is 0 Å². The Labute approximate surface area is 124 Å². The number of benzene rings is 2. The first-order chi connectivity index (χ1) is 9.56. The van der Waals surface area contributed by atoms with Crippen molar-refractivity contribution in [3.05, 3.63) is 63.9 Å². The van der Waals surface area contributed by atoms with Crippen LogP contribution in [0.25, 0.3) is 0 Å². The van der Waals surface area contributed by atoms with Gasteiger partial charge in [0.05, 0.1) is 5.69 Å². The molecule has 5 heteroatoms. The number of hydrogen-bond acceptors (Lipinski definition) is 2. The third-order valence-electron chi connectivity index (χ3n) is 2.70. The molecule has 0 bridgehead atoms. The van der Waals surface area contributed by atoms with Gasteiger partial charge in [-0.2, -0.15) is 0 Å². The van der Waals surface area contributed by atoms with Crippen LogP contribution in [0.15, 0.2) is 46.9 Å². The van der Waals surface area contributed by atoms with Crippen LogP contribution in [0.4, 0.5) is 14.9 Å². The van der Waals surface area contributed by atoms with Crippen LogP contribution >= 0.6 is 15.9 Å². The van der Waals surface area contributed by atoms with Gasteiger partial charge in [0, 0.05) is 4.47 Å². The Morgan fingerprint density at radius 3 is 2.70 bits per heavy atom. The molecule has 0 heterocycles. The molecule has 0 radical (unpaired) electrons. The van der Waals surface area contributed by atoms with Gasteiger partial charge in [-0.3, -0.25) is 5.32 Å². The number of amides is 1. The zero-order chi connectivity index (χ0) is 14.5. The summed E-state index contributed by atoms with van der Waals surface area (Å²) in [6.45, 7) is 1.95. The second-order valence-electron chi connectivity index (χ2n) is 4.27. The van der Waals surface area contributed by atoms with Crippen LogP contribution in [0.5, 0.6) is 0 Å². The lowest BCUT2D eigenvalue weighted by atomic mass is 10.2. The first-order valence-electron chi connectivity index (χ1n) is 5.99. The van der Waals surface area contributed by atoms with E-state index in [1.54, 1.807) is 6.07 Å². The van der Waals surface area contributed by atoms with Crippen molar-refractivity contribution in [1.82, 2.24) is 0 Å². The topological polar surface area (TPSA) is 38.3 Å². The lowest BCUT2D eigenvalue weighted by Crippen LogP contribution is -2.14. The molecule has 0 aliphatic rings. The highest BCUT2D eigenvalue weighted by atomic mass is 79.9. The van der Waals surface area contributed by atoms with Gasteiger partial charge in [0.15, 0.2) is 0 Å². The highest BCUT2D eigenvalue weighted by Crippen LogP contribution is 2.24. The maximum atomic E-state index is 13.7. The summed E-state index contributed by atoms with van der Waals surface area (Å²) in [5, 5.41) is 2.39. The molecule has 0 aliphatic carbocycles. The van der Waals surface area contributed by atoms with Gasteiger partial charge in [0.25, 0.3) is 0 Å². The Morgan fingerprint density at radius 1 is 1.30 bits per heavy atom. The summed E-state index contributed by atoms with van der Waals surface area (Å²) in [5.41, 5.74) is 1.80. The molecule has 2 rings (SSSR count). The molecule has 0 unspecified atom stereocenters. The van der Waals surface area contributed by atoms with Crippen LogP contribution in [0.2, 0.25) is 0 Å². The quantitative estimate of drug-likeness (QED) is 0.885. The van der Waals surface area contributed by atoms with Gasteiger partial charge in [0.1, 0.15) is 12.4 Å². The van der Waals surface area contributed by atoms with Gasteiger partial charge in [-0.1, -0.05) is 46.3 Å². The van der Waals surface area contributed by atoms with Crippen molar-refractivity contribution in [2.45, 2.75) is 13.5 Å². The standard InChI is InChI=1S/C15H13BrFNO2/c1-10-7-14(13(17)8-12(10)16)18-15(19)20-9-11-5-3-2-4-6-11/h2-8H,9H2,1H3,(H,18,19). The van der Waals surface area contributed by atoms with Crippen molar-refractivity contribution in [3.63, 3.8) is 0 Å². The minimum atomic E-state index is -0.686. The molecule has 0 saturated carbocycles. The fourth-order valence-corrected chi connectivity index (χ4v) is 1.94. The van der Waals surface area contributed by atoms with E-state index in [0.717, 1.165) is 11.1 Å². The number of hydrogen-bond donors (Lipinski definition) is 1. The molecule has 3 nitrogen and oxygen atoms in total. The van der Waals surface area contributed by atoms with Crippen LogP contribution < -0.4 is 5.32 Å². The Kier molecular flexibility index (Phi) is 4.74. The van der Waals surface area contributed by atoms with Crippen LogP contribution in [-0.2, 0) is 11.3 Å². The van der Waals surface area contributed by atoms with Gasteiger partial charge in [-0.25, -0.2) is 9.18 Å². The fraction of sp³-hybridized carbons (Fsp3) is 0.133. The van der Waals surface area contributed by atoms with E-state index >= 15 is 0 Å². The number of halogens is 2. The van der Waals surface area contributed by atoms with Crippen molar-refractivity contribution in [1.29, 1.82) is 0 Å². The Bertz CT molecular complexity index is 617. The zero-order valence-electron chi connectivity index (χ0n) is 10.8. The van der Waals surface area contributed by atoms with E-state index in [0.29, 0.717) is 4.47 Å². The van der Waals surface area contributed by atoms with Gasteiger partial charge in [-0.05, 0) is 30.2 Å². The summed E-state index contributed by atoms with van der Waals surface area (Å²) in [7, 11) is 0. The molecule has 20 heavy (non-hydrogen) atoms. The average Bonchev–Trinajstić information content (AvgIpc) is 2.44. The first-order valence-corrected chi connectivity index (χ1v) is 6.79. The molecular formula is C15H13BrFNO2. The predicted octanol–water partition coefficient (Wildman–Crippen LogP) is 4.65. The SMILES string of the molecule is Cc1cc(NC(=O)OCc2ccccc2)c(F)cc1Br. The lowest BCUT2D eigenvalue weighted by Gasteiger charge is -2.09. The predicted molar refractivity (Wildman–Crippen MR) is 79.1 cm³/mol. The molecule has 0 fully saturated rings. The monoisotopic (exact) mass is 337 g/mol. The van der Waals surface area contributed by atoms with Crippen molar-refractivity contribution in [3.8, 4) is 0 Å². The third-order valence-corrected chi connectivity index (χ3v) is 3.55. The minimum absolute atomic E-state index is 0.101. The van der Waals surface area contributed by atoms with Crippen molar-refractivity contribution >= 4 is 27.7 Å². The molecule has 0 atom stereocenters. The molecule has 0 aromatic heterocycles. The summed E-state index contributed by atoms with van der Waals surface area (Å²) in [4.78, 5) is 11.6. The maximum absolute atomic E-state index is 13.7. The fourth-order valence-electron chi connectivity index (χ4n) is 1.62. The van der Waals surface area contributed by atoms with Crippen LogP contribution in [0.1, 0.15) is 11.1 Å². The number of rotatable bonds is 3. The second kappa shape index (κ2) is 6.52. The number of carbonyl (C=O) groups is 1. The minimum Gasteiger partial charge on any atom is -0.444 e. The van der Waals surface area contributed by atoms with Crippen molar-refractivity contribution in [2.24, 2.45) is 0 Å². The average molecular weight is 338 g/mol. The number of ether oxygens (including phenoxy) is 1. The lowest BCUT2D eigenvalue weighted by molar-refractivity contribution is 0.155. The number of anilines is 1. The van der Waals surface area contributed by atoms with Crippen molar-refractivity contribution in [2.75, 3.05) is 5.32 Å². The third kappa shape index (κ3) is 3.81. The zero-order valence-corrected chi connectivity index (χ0v) is 12.4. The molecule has 2 aromatic carbocycles. The summed E-state index contributed by atoms with van der Waals surface area (Å²) >= 11 is 3.22. The number of aryl methyl sites for hydroxylation is 1. The highest BCUT2D eigenvalue weighted by Gasteiger charge is 2.10. The number of carbonyl (C=O) groups excluding carboxylic acids is 1. The highest BCUT2D eigenvalue weighted by molar-refractivity contribution is 9.10. The van der Waals surface area contributed by atoms with E-state index in [9.17, 15) is 9.18 Å². The molecule has 2 aromatic rings. The van der Waals surface area contributed by atoms with Crippen molar-refractivity contribution < 1.29 is 13.9 Å². The molecule has 0 aliphatic heterocycles. The van der Waals surface area contributed by atoms with E-state index in [4.69, 9.17) is 4.74 Å². The second-order valence-corrected chi connectivity index (χ2v) is 5.12. The Balaban J connectivity index is 1.97. The Hall–Kier alpha value is -1.88. The summed E-state index contributed by atoms with van der Waals surface area (Å²) < 4.78 is 19.3. The molecule has 104 valence electrons. The first kappa shape index (κ1) is 14.5. The van der Waals surface area contributed by atoms with E-state index in [-0.39, 0.29) is 12.3 Å². The molecule has 1 N–H and O–H groups in total. The van der Waals surface area contributed by atoms with E-state index < -0.39 is 11.9 Å². The van der Waals surface area contributed by atoms with Crippen LogP contribution in [-0.4, -0.2) is 6.09 Å². The largest absolute Gasteiger partial charge is 0.444 e. The van der Waals surface area contributed by atoms with Gasteiger partial charge < -0.3 is 4.74 Å². The van der Waals surface area contributed by atoms with E-state index in [1.807, 2.05) is 37.3 Å².